The van der Waals surface area contributed by atoms with Crippen molar-refractivity contribution in [1.29, 1.82) is 0 Å². The number of benzene rings is 1. The smallest absolute Gasteiger partial charge is 0.341 e. The number of nitrogens with one attached hydrogen (secondary N) is 1. The van der Waals surface area contributed by atoms with Gasteiger partial charge in [-0.15, -0.1) is 11.3 Å². The van der Waals surface area contributed by atoms with E-state index in [0.29, 0.717) is 16.0 Å². The van der Waals surface area contributed by atoms with Gasteiger partial charge in [-0.3, -0.25) is 4.79 Å². The van der Waals surface area contributed by atoms with Gasteiger partial charge in [0.1, 0.15) is 39.7 Å². The Kier molecular flexibility index (Phi) is 6.86. The molecule has 1 aromatic carbocycles. The number of halogens is 2. The number of hydrogen-bond donors (Lipinski definition) is 3. The number of carbonyl (C=O) groups excluding carboxylic acids is 2. The second-order valence-corrected chi connectivity index (χ2v) is 6.90. The number of rotatable bonds is 7. The molecule has 0 bridgehead atoms. The summed E-state index contributed by atoms with van der Waals surface area (Å²) < 4.78 is 32.1. The predicted molar refractivity (Wildman–Crippen MR) is 98.5 cm³/mol. The van der Waals surface area contributed by atoms with E-state index in [1.165, 1.54) is 19.2 Å². The van der Waals surface area contributed by atoms with Crippen LogP contribution in [-0.4, -0.2) is 25.5 Å². The van der Waals surface area contributed by atoms with E-state index in [-0.39, 0.29) is 35.7 Å². The highest BCUT2D eigenvalue weighted by Gasteiger charge is 2.28. The molecule has 2 aromatic rings. The largest absolute Gasteiger partial charge is 0.462 e. The number of carbonyl (C=O) groups is 2. The van der Waals surface area contributed by atoms with Crippen LogP contribution in [0.2, 0.25) is 0 Å². The van der Waals surface area contributed by atoms with E-state index in [2.05, 4.69) is 5.32 Å². The molecular formula is C18H22F2N3O3S+. The molecule has 0 aliphatic heterocycles. The van der Waals surface area contributed by atoms with Gasteiger partial charge in [-0.25, -0.2) is 13.6 Å². The molecule has 6 nitrogen and oxygen atoms in total. The fraction of sp³-hybridized carbons (Fsp3) is 0.333. The summed E-state index contributed by atoms with van der Waals surface area (Å²) >= 11 is 1.00. The van der Waals surface area contributed by atoms with Crippen LogP contribution in [0.15, 0.2) is 18.2 Å². The maximum Gasteiger partial charge on any atom is 0.341 e. The predicted octanol–water partition coefficient (Wildman–Crippen LogP) is 1.97. The van der Waals surface area contributed by atoms with Crippen LogP contribution in [0.3, 0.4) is 0 Å². The zero-order valence-corrected chi connectivity index (χ0v) is 16.1. The van der Waals surface area contributed by atoms with Crippen molar-refractivity contribution in [3.05, 3.63) is 51.4 Å². The van der Waals surface area contributed by atoms with E-state index in [0.717, 1.165) is 17.4 Å². The average molecular weight is 398 g/mol. The Morgan fingerprint density at radius 3 is 2.67 bits per heavy atom. The highest BCUT2D eigenvalue weighted by molar-refractivity contribution is 7.18. The number of amides is 1. The molecule has 1 amide bonds. The molecule has 0 spiro atoms. The van der Waals surface area contributed by atoms with Crippen LogP contribution in [0.1, 0.15) is 51.0 Å². The minimum Gasteiger partial charge on any atom is -0.462 e. The number of esters is 1. The van der Waals surface area contributed by atoms with Crippen molar-refractivity contribution in [2.24, 2.45) is 0 Å². The molecule has 2 rings (SSSR count). The molecule has 0 saturated carbocycles. The maximum absolute atomic E-state index is 14.0. The third-order valence-corrected chi connectivity index (χ3v) is 5.14. The molecule has 9 heteroatoms. The number of anilines is 1. The first-order valence-electron chi connectivity index (χ1n) is 8.38. The first-order chi connectivity index (χ1) is 12.8. The monoisotopic (exact) mass is 398 g/mol. The van der Waals surface area contributed by atoms with Gasteiger partial charge in [0.25, 0.3) is 5.91 Å². The van der Waals surface area contributed by atoms with Crippen LogP contribution in [0.5, 0.6) is 0 Å². The van der Waals surface area contributed by atoms with Gasteiger partial charge in [0.05, 0.1) is 6.61 Å². The van der Waals surface area contributed by atoms with Crippen LogP contribution in [0.25, 0.3) is 0 Å². The van der Waals surface area contributed by atoms with Gasteiger partial charge in [0.15, 0.2) is 0 Å². The van der Waals surface area contributed by atoms with Crippen LogP contribution in [0, 0.1) is 11.6 Å². The lowest BCUT2D eigenvalue weighted by Gasteiger charge is -2.13. The molecule has 27 heavy (non-hydrogen) atoms. The Morgan fingerprint density at radius 1 is 1.37 bits per heavy atom. The Hall–Kier alpha value is -2.52. The molecule has 146 valence electrons. The first kappa shape index (κ1) is 20.8. The summed E-state index contributed by atoms with van der Waals surface area (Å²) in [5.41, 5.74) is 6.86. The molecule has 0 saturated heterocycles. The summed E-state index contributed by atoms with van der Waals surface area (Å²) in [6.07, 6.45) is 0. The summed E-state index contributed by atoms with van der Waals surface area (Å²) in [6.45, 7) is 3.79. The van der Waals surface area contributed by atoms with Crippen LogP contribution in [0.4, 0.5) is 13.8 Å². The SMILES string of the molecule is CCOC(=O)c1c(N)sc(C(=O)NC)c1C[NH2+][C@H](C)c1ccc(F)cc1F. The van der Waals surface area contributed by atoms with E-state index in [4.69, 9.17) is 10.5 Å². The van der Waals surface area contributed by atoms with E-state index in [1.807, 2.05) is 0 Å². The second-order valence-electron chi connectivity index (χ2n) is 5.84. The normalized spacial score (nSPS) is 11.9. The van der Waals surface area contributed by atoms with Gasteiger partial charge in [-0.2, -0.15) is 0 Å². The Labute approximate surface area is 159 Å². The van der Waals surface area contributed by atoms with Crippen LogP contribution in [-0.2, 0) is 11.3 Å². The molecule has 0 aliphatic rings. The summed E-state index contributed by atoms with van der Waals surface area (Å²) in [6, 6.07) is 3.01. The highest BCUT2D eigenvalue weighted by atomic mass is 32.1. The van der Waals surface area contributed by atoms with Gasteiger partial charge in [0, 0.05) is 24.2 Å². The van der Waals surface area contributed by atoms with Crippen LogP contribution < -0.4 is 16.4 Å². The van der Waals surface area contributed by atoms with Crippen molar-refractivity contribution in [1.82, 2.24) is 5.32 Å². The number of thiophene rings is 1. The fourth-order valence-corrected chi connectivity index (χ4v) is 3.73. The molecular weight excluding hydrogens is 376 g/mol. The van der Waals surface area contributed by atoms with Gasteiger partial charge in [-0.1, -0.05) is 0 Å². The average Bonchev–Trinajstić information content (AvgIpc) is 2.95. The van der Waals surface area contributed by atoms with E-state index in [9.17, 15) is 18.4 Å². The molecule has 1 atom stereocenters. The number of nitrogens with two attached hydrogens (primary N) is 2. The lowest BCUT2D eigenvalue weighted by Crippen LogP contribution is -2.83. The van der Waals surface area contributed by atoms with Crippen molar-refractivity contribution >= 4 is 28.2 Å². The Balaban J connectivity index is 2.32. The number of hydrogen-bond acceptors (Lipinski definition) is 5. The lowest BCUT2D eigenvalue weighted by atomic mass is 10.1. The standard InChI is InChI=1S/C18H21F2N3O3S/c1-4-26-18(25)14-12(15(17(24)22-3)27-16(14)21)8-23-9(2)11-6-5-10(19)7-13(11)20/h5-7,9,23H,4,8,21H2,1-3H3,(H,22,24)/p+1/t9-/m1/s1. The van der Waals surface area contributed by atoms with Gasteiger partial charge in [0.2, 0.25) is 0 Å². The number of quaternary nitrogens is 1. The Morgan fingerprint density at radius 2 is 2.07 bits per heavy atom. The molecule has 1 aromatic heterocycles. The van der Waals surface area contributed by atoms with Gasteiger partial charge >= 0.3 is 5.97 Å². The molecule has 1 heterocycles. The molecule has 5 N–H and O–H groups in total. The minimum atomic E-state index is -0.652. The molecule has 0 radical (unpaired) electrons. The topological polar surface area (TPSA) is 98.0 Å². The minimum absolute atomic E-state index is 0.156. The van der Waals surface area contributed by atoms with Gasteiger partial charge in [-0.05, 0) is 26.0 Å². The summed E-state index contributed by atoms with van der Waals surface area (Å²) in [5, 5.41) is 4.45. The van der Waals surface area contributed by atoms with E-state index in [1.54, 1.807) is 19.2 Å². The van der Waals surface area contributed by atoms with E-state index >= 15 is 0 Å². The fourth-order valence-electron chi connectivity index (χ4n) is 2.70. The summed E-state index contributed by atoms with van der Waals surface area (Å²) in [4.78, 5) is 24.7. The van der Waals surface area contributed by atoms with Gasteiger partial charge < -0.3 is 21.1 Å². The summed E-state index contributed by atoms with van der Waals surface area (Å²) in [7, 11) is 1.48. The Bertz CT molecular complexity index is 855. The molecule has 0 unspecified atom stereocenters. The quantitative estimate of drug-likeness (QED) is 0.621. The first-order valence-corrected chi connectivity index (χ1v) is 9.20. The third-order valence-electron chi connectivity index (χ3n) is 4.08. The zero-order chi connectivity index (χ0) is 20.1. The van der Waals surface area contributed by atoms with E-state index < -0.39 is 17.6 Å². The second kappa shape index (κ2) is 8.92. The number of ether oxygens (including phenoxy) is 1. The highest BCUT2D eigenvalue weighted by Crippen LogP contribution is 2.31. The van der Waals surface area contributed by atoms with Crippen molar-refractivity contribution in [2.75, 3.05) is 19.4 Å². The van der Waals surface area contributed by atoms with Crippen molar-refractivity contribution in [2.45, 2.75) is 26.4 Å². The maximum atomic E-state index is 14.0. The van der Waals surface area contributed by atoms with Crippen molar-refractivity contribution in [3.63, 3.8) is 0 Å². The number of nitrogen functional groups attached to an aromatic ring is 1. The third kappa shape index (κ3) is 4.61. The van der Waals surface area contributed by atoms with Crippen LogP contribution >= 0.6 is 11.3 Å². The molecule has 0 aliphatic carbocycles. The zero-order valence-electron chi connectivity index (χ0n) is 15.3. The summed E-state index contributed by atoms with van der Waals surface area (Å²) in [5.74, 6) is -2.28. The molecule has 0 fully saturated rings. The van der Waals surface area contributed by atoms with Crippen molar-refractivity contribution < 1.29 is 28.4 Å². The lowest BCUT2D eigenvalue weighted by molar-refractivity contribution is -0.708. The van der Waals surface area contributed by atoms with Crippen molar-refractivity contribution in [3.8, 4) is 0 Å².